The summed E-state index contributed by atoms with van der Waals surface area (Å²) >= 11 is 0. The molecule has 1 aliphatic heterocycles. The Hall–Kier alpha value is -0.610. The summed E-state index contributed by atoms with van der Waals surface area (Å²) < 4.78 is 0. The molecule has 1 heterocycles. The fourth-order valence-corrected chi connectivity index (χ4v) is 0.881. The van der Waals surface area contributed by atoms with E-state index in [0.717, 1.165) is 0 Å². The molecule has 0 amide bonds. The average molecular weight is 130 g/mol. The van der Waals surface area contributed by atoms with E-state index in [1.54, 1.807) is 0 Å². The molecular weight excluding hydrogens is 120 g/mol. The maximum absolute atomic E-state index is 10.1. The number of rotatable bonds is 2. The lowest BCUT2D eigenvalue weighted by Crippen LogP contribution is -2.59. The molecule has 4 heteroatoms. The molecule has 0 aliphatic carbocycles. The summed E-state index contributed by atoms with van der Waals surface area (Å²) in [5.74, 6) is -0.778. The van der Waals surface area contributed by atoms with Crippen molar-refractivity contribution in [3.8, 4) is 0 Å². The van der Waals surface area contributed by atoms with Crippen LogP contribution in [-0.2, 0) is 4.79 Å². The van der Waals surface area contributed by atoms with Crippen LogP contribution in [0.3, 0.4) is 0 Å². The largest absolute Gasteiger partial charge is 0.480 e. The summed E-state index contributed by atoms with van der Waals surface area (Å²) in [6.07, 6.45) is 0.672. The number of nitrogens with two attached hydrogens (primary N) is 1. The third kappa shape index (κ3) is 1.20. The quantitative estimate of drug-likeness (QED) is 0.437. The first-order valence-electron chi connectivity index (χ1n) is 2.93. The topological polar surface area (TPSA) is 75.4 Å². The second-order valence-corrected chi connectivity index (χ2v) is 2.23. The summed E-state index contributed by atoms with van der Waals surface area (Å²) in [5.41, 5.74) is 5.24. The van der Waals surface area contributed by atoms with Gasteiger partial charge in [-0.25, -0.2) is 0 Å². The molecule has 0 radical (unpaired) electrons. The minimum atomic E-state index is -0.778. The first-order valence-corrected chi connectivity index (χ1v) is 2.93. The Balaban J connectivity index is 2.19. The van der Waals surface area contributed by atoms with E-state index in [9.17, 15) is 4.79 Å². The minimum Gasteiger partial charge on any atom is -0.480 e. The van der Waals surface area contributed by atoms with Gasteiger partial charge in [0.2, 0.25) is 0 Å². The summed E-state index contributed by atoms with van der Waals surface area (Å²) in [6.45, 7) is 0.532. The molecule has 0 aromatic carbocycles. The molecule has 0 spiro atoms. The van der Waals surface area contributed by atoms with Gasteiger partial charge < -0.3 is 16.2 Å². The van der Waals surface area contributed by atoms with Gasteiger partial charge in [-0.15, -0.1) is 0 Å². The van der Waals surface area contributed by atoms with Crippen molar-refractivity contribution < 1.29 is 9.90 Å². The molecule has 52 valence electrons. The molecule has 1 unspecified atom stereocenters. The van der Waals surface area contributed by atoms with Gasteiger partial charge in [0.15, 0.2) is 0 Å². The predicted octanol–water partition coefficient (Wildman–Crippen LogP) is -1.24. The van der Waals surface area contributed by atoms with Crippen molar-refractivity contribution in [2.24, 2.45) is 5.73 Å². The number of nitrogens with one attached hydrogen (secondary N) is 1. The number of hydrogen-bond donors (Lipinski definition) is 3. The molecule has 1 rings (SSSR count). The predicted molar refractivity (Wildman–Crippen MR) is 32.0 cm³/mol. The van der Waals surface area contributed by atoms with E-state index >= 15 is 0 Å². The molecule has 1 aliphatic rings. The molecule has 0 aromatic heterocycles. The van der Waals surface area contributed by atoms with Crippen LogP contribution in [0.15, 0.2) is 0 Å². The standard InChI is InChI=1S/C5H10N2O2/c6-2-3-1-4(7-3)5(8)9/h3-4,7H,1-2,6H2,(H,8,9)/t3?,4-/m1/s1. The lowest BCUT2D eigenvalue weighted by atomic mass is 9.98. The van der Waals surface area contributed by atoms with Gasteiger partial charge in [-0.05, 0) is 6.42 Å². The SMILES string of the molecule is NCC1C[C@H](C(=O)O)N1. The Morgan fingerprint density at radius 1 is 1.89 bits per heavy atom. The molecule has 0 bridgehead atoms. The number of carboxylic acid groups (broad SMARTS) is 1. The van der Waals surface area contributed by atoms with Crippen molar-refractivity contribution in [2.45, 2.75) is 18.5 Å². The lowest BCUT2D eigenvalue weighted by Gasteiger charge is -2.33. The maximum atomic E-state index is 10.1. The van der Waals surface area contributed by atoms with E-state index in [2.05, 4.69) is 5.32 Å². The fourth-order valence-electron chi connectivity index (χ4n) is 0.881. The van der Waals surface area contributed by atoms with Crippen LogP contribution < -0.4 is 11.1 Å². The second kappa shape index (κ2) is 2.33. The van der Waals surface area contributed by atoms with Crippen molar-refractivity contribution >= 4 is 5.97 Å². The van der Waals surface area contributed by atoms with Crippen molar-refractivity contribution in [3.05, 3.63) is 0 Å². The zero-order chi connectivity index (χ0) is 6.85. The first kappa shape index (κ1) is 6.51. The molecule has 0 saturated carbocycles. The van der Waals surface area contributed by atoms with E-state index in [1.807, 2.05) is 0 Å². The Kier molecular flexibility index (Phi) is 1.68. The van der Waals surface area contributed by atoms with Gasteiger partial charge in [-0.1, -0.05) is 0 Å². The molecule has 4 nitrogen and oxygen atoms in total. The van der Waals surface area contributed by atoms with Crippen LogP contribution in [-0.4, -0.2) is 29.7 Å². The number of hydrogen-bond acceptors (Lipinski definition) is 3. The summed E-state index contributed by atoms with van der Waals surface area (Å²) in [6, 6.07) is -0.121. The first-order chi connectivity index (χ1) is 4.24. The van der Waals surface area contributed by atoms with Gasteiger partial charge >= 0.3 is 5.97 Å². The van der Waals surface area contributed by atoms with Crippen LogP contribution in [0.25, 0.3) is 0 Å². The second-order valence-electron chi connectivity index (χ2n) is 2.23. The van der Waals surface area contributed by atoms with Crippen LogP contribution >= 0.6 is 0 Å². The van der Waals surface area contributed by atoms with Crippen LogP contribution in [0.1, 0.15) is 6.42 Å². The molecule has 1 saturated heterocycles. The normalized spacial score (nSPS) is 33.4. The Bertz CT molecular complexity index is 120. The highest BCUT2D eigenvalue weighted by atomic mass is 16.4. The fraction of sp³-hybridized carbons (Fsp3) is 0.800. The highest BCUT2D eigenvalue weighted by Gasteiger charge is 2.31. The maximum Gasteiger partial charge on any atom is 0.320 e. The van der Waals surface area contributed by atoms with E-state index < -0.39 is 5.97 Å². The van der Waals surface area contributed by atoms with Crippen LogP contribution in [0.2, 0.25) is 0 Å². The third-order valence-electron chi connectivity index (χ3n) is 1.54. The zero-order valence-electron chi connectivity index (χ0n) is 5.00. The zero-order valence-corrected chi connectivity index (χ0v) is 5.00. The molecule has 1 fully saturated rings. The van der Waals surface area contributed by atoms with Gasteiger partial charge in [0.25, 0.3) is 0 Å². The minimum absolute atomic E-state index is 0.228. The Morgan fingerprint density at radius 2 is 2.44 bits per heavy atom. The smallest absolute Gasteiger partial charge is 0.320 e. The number of carbonyl (C=O) groups is 1. The Morgan fingerprint density at radius 3 is 2.78 bits per heavy atom. The number of carboxylic acids is 1. The van der Waals surface area contributed by atoms with Crippen LogP contribution in [0.5, 0.6) is 0 Å². The molecule has 2 atom stereocenters. The summed E-state index contributed by atoms with van der Waals surface area (Å²) in [5, 5.41) is 11.1. The molecule has 0 aromatic rings. The summed E-state index contributed by atoms with van der Waals surface area (Å²) in [4.78, 5) is 10.1. The lowest BCUT2D eigenvalue weighted by molar-refractivity contribution is -0.142. The van der Waals surface area contributed by atoms with Gasteiger partial charge in [0.1, 0.15) is 6.04 Å². The van der Waals surface area contributed by atoms with Crippen molar-refractivity contribution in [3.63, 3.8) is 0 Å². The number of aliphatic carboxylic acids is 1. The summed E-state index contributed by atoms with van der Waals surface area (Å²) in [7, 11) is 0. The average Bonchev–Trinajstić information content (AvgIpc) is 1.61. The van der Waals surface area contributed by atoms with Gasteiger partial charge in [0.05, 0.1) is 0 Å². The monoisotopic (exact) mass is 130 g/mol. The molecular formula is C5H10N2O2. The molecule has 4 N–H and O–H groups in total. The van der Waals surface area contributed by atoms with Crippen molar-refractivity contribution in [1.82, 2.24) is 5.32 Å². The third-order valence-corrected chi connectivity index (χ3v) is 1.54. The Labute approximate surface area is 53.0 Å². The van der Waals surface area contributed by atoms with E-state index in [1.165, 1.54) is 0 Å². The molecule has 9 heavy (non-hydrogen) atoms. The van der Waals surface area contributed by atoms with Gasteiger partial charge in [-0.3, -0.25) is 4.79 Å². The van der Waals surface area contributed by atoms with Gasteiger partial charge in [0, 0.05) is 12.6 Å². The highest BCUT2D eigenvalue weighted by Crippen LogP contribution is 2.09. The van der Waals surface area contributed by atoms with Gasteiger partial charge in [-0.2, -0.15) is 0 Å². The highest BCUT2D eigenvalue weighted by molar-refractivity contribution is 5.74. The van der Waals surface area contributed by atoms with Crippen LogP contribution in [0.4, 0.5) is 0 Å². The van der Waals surface area contributed by atoms with E-state index in [4.69, 9.17) is 10.8 Å². The van der Waals surface area contributed by atoms with Crippen LogP contribution in [0, 0.1) is 0 Å². The van der Waals surface area contributed by atoms with Crippen molar-refractivity contribution in [2.75, 3.05) is 6.54 Å². The van der Waals surface area contributed by atoms with Crippen molar-refractivity contribution in [1.29, 1.82) is 0 Å². The van der Waals surface area contributed by atoms with E-state index in [-0.39, 0.29) is 12.1 Å². The van der Waals surface area contributed by atoms with E-state index in [0.29, 0.717) is 13.0 Å².